The Morgan fingerprint density at radius 3 is 2.27 bits per heavy atom. The van der Waals surface area contributed by atoms with Crippen LogP contribution in [-0.4, -0.2) is 28.2 Å². The highest BCUT2D eigenvalue weighted by Crippen LogP contribution is 2.25. The van der Waals surface area contributed by atoms with Crippen molar-refractivity contribution in [3.8, 4) is 11.4 Å². The SMILES string of the molecule is Cc1nc(-c2ccc(NC(=O)[C@@H](F)C(F)(F)F)cc2)[nH]c1C. The lowest BCUT2D eigenvalue weighted by molar-refractivity contribution is -0.183. The number of nitrogens with one attached hydrogen (secondary N) is 2. The summed E-state index contributed by atoms with van der Waals surface area (Å²) >= 11 is 0. The van der Waals surface area contributed by atoms with Gasteiger partial charge < -0.3 is 10.3 Å². The number of carbonyl (C=O) groups excluding carboxylic acids is 1. The minimum Gasteiger partial charge on any atom is -0.342 e. The number of nitrogens with zero attached hydrogens (tertiary/aromatic N) is 1. The molecule has 0 aliphatic rings. The van der Waals surface area contributed by atoms with Crippen LogP contribution in [0.5, 0.6) is 0 Å². The molecule has 22 heavy (non-hydrogen) atoms. The number of halogens is 4. The summed E-state index contributed by atoms with van der Waals surface area (Å²) in [6, 6.07) is 5.88. The second-order valence-electron chi connectivity index (χ2n) is 4.77. The molecule has 0 aliphatic carbocycles. The van der Waals surface area contributed by atoms with Crippen LogP contribution in [0.25, 0.3) is 11.4 Å². The minimum atomic E-state index is -5.22. The Labute approximate surface area is 123 Å². The molecular weight excluding hydrogens is 302 g/mol. The number of hydrogen-bond acceptors (Lipinski definition) is 2. The van der Waals surface area contributed by atoms with Gasteiger partial charge in [0.15, 0.2) is 0 Å². The van der Waals surface area contributed by atoms with Crippen LogP contribution in [0.3, 0.4) is 0 Å². The molecule has 118 valence electrons. The van der Waals surface area contributed by atoms with Crippen molar-refractivity contribution in [3.05, 3.63) is 35.7 Å². The minimum absolute atomic E-state index is 0.0700. The Balaban J connectivity index is 2.11. The third-order valence-electron chi connectivity index (χ3n) is 3.07. The number of aromatic amines is 1. The molecule has 1 aromatic heterocycles. The van der Waals surface area contributed by atoms with Crippen LogP contribution in [0.4, 0.5) is 23.2 Å². The first-order chi connectivity index (χ1) is 10.2. The lowest BCUT2D eigenvalue weighted by Crippen LogP contribution is -2.36. The van der Waals surface area contributed by atoms with Crippen molar-refractivity contribution in [2.75, 3.05) is 5.32 Å². The number of amides is 1. The van der Waals surface area contributed by atoms with Gasteiger partial charge in [-0.25, -0.2) is 9.37 Å². The third-order valence-corrected chi connectivity index (χ3v) is 3.07. The molecule has 0 fully saturated rings. The quantitative estimate of drug-likeness (QED) is 0.851. The summed E-state index contributed by atoms with van der Waals surface area (Å²) in [5, 5.41) is 1.88. The molecule has 0 radical (unpaired) electrons. The van der Waals surface area contributed by atoms with Gasteiger partial charge in [0.2, 0.25) is 0 Å². The van der Waals surface area contributed by atoms with Gasteiger partial charge in [-0.05, 0) is 38.1 Å². The summed E-state index contributed by atoms with van der Waals surface area (Å²) in [6.45, 7) is 3.70. The van der Waals surface area contributed by atoms with Crippen molar-refractivity contribution < 1.29 is 22.4 Å². The van der Waals surface area contributed by atoms with E-state index in [-0.39, 0.29) is 5.69 Å². The van der Waals surface area contributed by atoms with Gasteiger partial charge in [0.1, 0.15) is 5.82 Å². The Hall–Kier alpha value is -2.38. The molecule has 0 spiro atoms. The van der Waals surface area contributed by atoms with E-state index in [1.807, 2.05) is 19.2 Å². The number of benzene rings is 1. The van der Waals surface area contributed by atoms with E-state index < -0.39 is 18.3 Å². The maximum atomic E-state index is 12.8. The van der Waals surface area contributed by atoms with Crippen molar-refractivity contribution in [1.82, 2.24) is 9.97 Å². The molecule has 0 aliphatic heterocycles. The van der Waals surface area contributed by atoms with E-state index >= 15 is 0 Å². The molecular formula is C14H13F4N3O. The van der Waals surface area contributed by atoms with Crippen LogP contribution in [0.1, 0.15) is 11.4 Å². The van der Waals surface area contributed by atoms with Crippen LogP contribution in [0.2, 0.25) is 0 Å². The molecule has 0 saturated heterocycles. The van der Waals surface area contributed by atoms with Gasteiger partial charge >= 0.3 is 6.18 Å². The lowest BCUT2D eigenvalue weighted by atomic mass is 10.2. The van der Waals surface area contributed by atoms with Crippen LogP contribution >= 0.6 is 0 Å². The molecule has 2 aromatic rings. The van der Waals surface area contributed by atoms with Gasteiger partial charge in [0.25, 0.3) is 12.1 Å². The summed E-state index contributed by atoms with van der Waals surface area (Å²) in [5.74, 6) is -1.14. The van der Waals surface area contributed by atoms with E-state index in [4.69, 9.17) is 0 Å². The molecule has 4 nitrogen and oxygen atoms in total. The molecule has 0 saturated carbocycles. The smallest absolute Gasteiger partial charge is 0.342 e. The molecule has 0 unspecified atom stereocenters. The first-order valence-electron chi connectivity index (χ1n) is 6.34. The zero-order chi connectivity index (χ0) is 16.5. The Bertz CT molecular complexity index is 657. The predicted molar refractivity (Wildman–Crippen MR) is 73.1 cm³/mol. The molecule has 1 atom stereocenters. The van der Waals surface area contributed by atoms with Crippen molar-refractivity contribution in [1.29, 1.82) is 0 Å². The highest BCUT2D eigenvalue weighted by atomic mass is 19.4. The highest BCUT2D eigenvalue weighted by Gasteiger charge is 2.45. The maximum absolute atomic E-state index is 12.8. The van der Waals surface area contributed by atoms with Gasteiger partial charge in [0, 0.05) is 16.9 Å². The van der Waals surface area contributed by atoms with E-state index in [9.17, 15) is 22.4 Å². The highest BCUT2D eigenvalue weighted by molar-refractivity contribution is 5.94. The topological polar surface area (TPSA) is 57.8 Å². The van der Waals surface area contributed by atoms with Gasteiger partial charge in [-0.2, -0.15) is 13.2 Å². The van der Waals surface area contributed by atoms with Gasteiger partial charge in [0.05, 0.1) is 5.69 Å². The number of rotatable bonds is 3. The molecule has 0 bridgehead atoms. The molecule has 1 aromatic carbocycles. The number of anilines is 1. The third kappa shape index (κ3) is 3.44. The van der Waals surface area contributed by atoms with Crippen LogP contribution in [0, 0.1) is 13.8 Å². The fourth-order valence-electron chi connectivity index (χ4n) is 1.75. The summed E-state index contributed by atoms with van der Waals surface area (Å²) in [5.41, 5.74) is 2.50. The standard InChI is InChI=1S/C14H13F4N3O/c1-7-8(2)20-12(19-7)9-3-5-10(6-4-9)21-13(22)11(15)14(16,17)18/h3-6,11H,1-2H3,(H,19,20)(H,21,22)/t11-/m1/s1. The number of hydrogen-bond donors (Lipinski definition) is 2. The average Bonchev–Trinajstić information content (AvgIpc) is 2.77. The summed E-state index contributed by atoms with van der Waals surface area (Å²) in [4.78, 5) is 18.5. The number of alkyl halides is 4. The fraction of sp³-hybridized carbons (Fsp3) is 0.286. The number of H-pyrrole nitrogens is 1. The summed E-state index contributed by atoms with van der Waals surface area (Å²) < 4.78 is 49.1. The van der Waals surface area contributed by atoms with Gasteiger partial charge in [-0.1, -0.05) is 0 Å². The van der Waals surface area contributed by atoms with E-state index in [1.54, 1.807) is 12.1 Å². The van der Waals surface area contributed by atoms with Crippen molar-refractivity contribution in [3.63, 3.8) is 0 Å². The van der Waals surface area contributed by atoms with Gasteiger partial charge in [-0.3, -0.25) is 4.79 Å². The maximum Gasteiger partial charge on any atom is 0.428 e. The number of aromatic nitrogens is 2. The fourth-order valence-corrected chi connectivity index (χ4v) is 1.75. The van der Waals surface area contributed by atoms with E-state index in [2.05, 4.69) is 9.97 Å². The molecule has 2 rings (SSSR count). The first kappa shape index (κ1) is 16.0. The molecule has 8 heteroatoms. The first-order valence-corrected chi connectivity index (χ1v) is 6.34. The van der Waals surface area contributed by atoms with E-state index in [0.717, 1.165) is 11.4 Å². The van der Waals surface area contributed by atoms with E-state index in [1.165, 1.54) is 12.1 Å². The number of aryl methyl sites for hydroxylation is 2. The van der Waals surface area contributed by atoms with Crippen LogP contribution in [-0.2, 0) is 4.79 Å². The van der Waals surface area contributed by atoms with E-state index in [0.29, 0.717) is 11.4 Å². The molecule has 1 amide bonds. The Morgan fingerprint density at radius 1 is 1.23 bits per heavy atom. The second-order valence-corrected chi connectivity index (χ2v) is 4.77. The van der Waals surface area contributed by atoms with Crippen molar-refractivity contribution in [2.24, 2.45) is 0 Å². The zero-order valence-corrected chi connectivity index (χ0v) is 11.8. The number of carbonyl (C=O) groups is 1. The van der Waals surface area contributed by atoms with Crippen LogP contribution in [0.15, 0.2) is 24.3 Å². The normalized spacial score (nSPS) is 13.0. The largest absolute Gasteiger partial charge is 0.428 e. The predicted octanol–water partition coefficient (Wildman–Crippen LogP) is 3.53. The number of imidazole rings is 1. The van der Waals surface area contributed by atoms with Crippen molar-refractivity contribution in [2.45, 2.75) is 26.2 Å². The Kier molecular flexibility index (Phi) is 4.20. The Morgan fingerprint density at radius 2 is 1.82 bits per heavy atom. The molecule has 1 heterocycles. The average molecular weight is 315 g/mol. The second kappa shape index (κ2) is 5.78. The van der Waals surface area contributed by atoms with Crippen molar-refractivity contribution >= 4 is 11.6 Å². The zero-order valence-electron chi connectivity index (χ0n) is 11.8. The monoisotopic (exact) mass is 315 g/mol. The summed E-state index contributed by atoms with van der Waals surface area (Å²) in [7, 11) is 0. The lowest BCUT2D eigenvalue weighted by Gasteiger charge is -2.12. The van der Waals surface area contributed by atoms with Gasteiger partial charge in [-0.15, -0.1) is 0 Å². The summed E-state index contributed by atoms with van der Waals surface area (Å²) in [6.07, 6.45) is -8.77. The molecule has 2 N–H and O–H groups in total. The van der Waals surface area contributed by atoms with Crippen LogP contribution < -0.4 is 5.32 Å².